The molecular weight excluding hydrogens is 378 g/mol. The molecule has 4 aromatic rings. The number of carbonyl (C=O) groups is 2. The average Bonchev–Trinajstić information content (AvgIpc) is 3.16. The molecule has 3 aromatic heterocycles. The zero-order chi connectivity index (χ0) is 21.3. The molecule has 7 nitrogen and oxygen atoms in total. The monoisotopic (exact) mass is 399 g/mol. The van der Waals surface area contributed by atoms with Crippen molar-refractivity contribution in [3.63, 3.8) is 0 Å². The summed E-state index contributed by atoms with van der Waals surface area (Å²) in [5, 5.41) is 7.02. The molecule has 7 heteroatoms. The van der Waals surface area contributed by atoms with Crippen LogP contribution in [-0.2, 0) is 4.79 Å². The van der Waals surface area contributed by atoms with Crippen molar-refractivity contribution in [2.45, 2.75) is 13.8 Å². The van der Waals surface area contributed by atoms with Crippen molar-refractivity contribution in [1.82, 2.24) is 14.6 Å². The van der Waals surface area contributed by atoms with E-state index >= 15 is 0 Å². The molecule has 30 heavy (non-hydrogen) atoms. The molecule has 0 fully saturated rings. The summed E-state index contributed by atoms with van der Waals surface area (Å²) in [5.41, 5.74) is 5.03. The minimum Gasteiger partial charge on any atom is -0.311 e. The number of fused-ring (bicyclic) bond motifs is 1. The molecule has 0 atom stereocenters. The number of aryl methyl sites for hydroxylation is 1. The van der Waals surface area contributed by atoms with Crippen LogP contribution in [0.25, 0.3) is 16.6 Å². The molecule has 1 aromatic carbocycles. The number of hydrogen-bond acceptors (Lipinski definition) is 4. The van der Waals surface area contributed by atoms with Crippen LogP contribution in [-0.4, -0.2) is 33.5 Å². The van der Waals surface area contributed by atoms with E-state index in [4.69, 9.17) is 0 Å². The maximum absolute atomic E-state index is 13.0. The number of amides is 2. The van der Waals surface area contributed by atoms with Gasteiger partial charge in [0.15, 0.2) is 0 Å². The van der Waals surface area contributed by atoms with Crippen molar-refractivity contribution in [3.05, 3.63) is 78.2 Å². The number of benzene rings is 1. The van der Waals surface area contributed by atoms with E-state index in [9.17, 15) is 9.59 Å². The minimum atomic E-state index is -0.174. The van der Waals surface area contributed by atoms with E-state index < -0.39 is 0 Å². The van der Waals surface area contributed by atoms with Gasteiger partial charge in [0.05, 0.1) is 11.7 Å². The molecule has 0 aliphatic rings. The van der Waals surface area contributed by atoms with Gasteiger partial charge in [0.1, 0.15) is 5.82 Å². The molecule has 0 bridgehead atoms. The second-order valence-corrected chi connectivity index (χ2v) is 7.12. The summed E-state index contributed by atoms with van der Waals surface area (Å²) < 4.78 is 1.72. The van der Waals surface area contributed by atoms with Crippen LogP contribution in [0.3, 0.4) is 0 Å². The van der Waals surface area contributed by atoms with Crippen LogP contribution in [0.4, 0.5) is 11.5 Å². The Morgan fingerprint density at radius 2 is 1.80 bits per heavy atom. The van der Waals surface area contributed by atoms with Crippen molar-refractivity contribution in [2.24, 2.45) is 0 Å². The summed E-state index contributed by atoms with van der Waals surface area (Å²) in [6, 6.07) is 15.0. The number of aromatic nitrogens is 3. The fraction of sp³-hybridized carbons (Fsp3) is 0.130. The van der Waals surface area contributed by atoms with Crippen LogP contribution in [0.2, 0.25) is 0 Å². The van der Waals surface area contributed by atoms with Crippen molar-refractivity contribution in [3.8, 4) is 11.1 Å². The normalized spacial score (nSPS) is 10.8. The van der Waals surface area contributed by atoms with E-state index in [0.717, 1.165) is 27.9 Å². The molecule has 1 N–H and O–H groups in total. The van der Waals surface area contributed by atoms with Gasteiger partial charge in [-0.2, -0.15) is 5.10 Å². The highest BCUT2D eigenvalue weighted by Gasteiger charge is 2.16. The smallest absolute Gasteiger partial charge is 0.258 e. The molecule has 2 amide bonds. The van der Waals surface area contributed by atoms with Gasteiger partial charge in [0, 0.05) is 48.7 Å². The lowest BCUT2D eigenvalue weighted by Crippen LogP contribution is -2.26. The van der Waals surface area contributed by atoms with Crippen LogP contribution in [0, 0.1) is 6.92 Å². The topological polar surface area (TPSA) is 79.6 Å². The van der Waals surface area contributed by atoms with E-state index in [2.05, 4.69) is 15.4 Å². The van der Waals surface area contributed by atoms with Gasteiger partial charge < -0.3 is 10.2 Å². The Labute approximate surface area is 174 Å². The largest absolute Gasteiger partial charge is 0.311 e. The highest BCUT2D eigenvalue weighted by atomic mass is 16.2. The maximum Gasteiger partial charge on any atom is 0.258 e. The molecule has 0 saturated heterocycles. The van der Waals surface area contributed by atoms with E-state index in [-0.39, 0.29) is 11.8 Å². The van der Waals surface area contributed by atoms with Crippen LogP contribution in [0.5, 0.6) is 0 Å². The third-order valence-corrected chi connectivity index (χ3v) is 4.87. The Balaban J connectivity index is 1.66. The third-order valence-electron chi connectivity index (χ3n) is 4.87. The molecule has 3 heterocycles. The maximum atomic E-state index is 13.0. The lowest BCUT2D eigenvalue weighted by atomic mass is 10.1. The van der Waals surface area contributed by atoms with Crippen LogP contribution < -0.4 is 10.2 Å². The quantitative estimate of drug-likeness (QED) is 0.564. The minimum absolute atomic E-state index is 0.104. The number of nitrogens with zero attached hydrogens (tertiary/aromatic N) is 4. The van der Waals surface area contributed by atoms with Gasteiger partial charge in [0.2, 0.25) is 5.91 Å². The van der Waals surface area contributed by atoms with Crippen molar-refractivity contribution in [1.29, 1.82) is 0 Å². The predicted octanol–water partition coefficient (Wildman–Crippen LogP) is 3.94. The first-order valence-electron chi connectivity index (χ1n) is 9.48. The predicted molar refractivity (Wildman–Crippen MR) is 117 cm³/mol. The number of pyridine rings is 2. The van der Waals surface area contributed by atoms with Crippen LogP contribution >= 0.6 is 0 Å². The van der Waals surface area contributed by atoms with Gasteiger partial charge in [-0.25, -0.2) is 9.50 Å². The van der Waals surface area contributed by atoms with Gasteiger partial charge in [-0.1, -0.05) is 17.7 Å². The molecule has 0 unspecified atom stereocenters. The second kappa shape index (κ2) is 7.79. The van der Waals surface area contributed by atoms with E-state index in [1.165, 1.54) is 6.92 Å². The summed E-state index contributed by atoms with van der Waals surface area (Å²) in [6.07, 6.45) is 5.19. The molecular formula is C23H21N5O2. The molecule has 0 aliphatic carbocycles. The lowest BCUT2D eigenvalue weighted by molar-refractivity contribution is -0.114. The molecule has 0 radical (unpaired) electrons. The van der Waals surface area contributed by atoms with Gasteiger partial charge in [-0.05, 0) is 43.3 Å². The zero-order valence-electron chi connectivity index (χ0n) is 17.0. The summed E-state index contributed by atoms with van der Waals surface area (Å²) in [7, 11) is 1.76. The fourth-order valence-corrected chi connectivity index (χ4v) is 3.22. The highest BCUT2D eigenvalue weighted by Crippen LogP contribution is 2.26. The van der Waals surface area contributed by atoms with Gasteiger partial charge in [0.25, 0.3) is 5.91 Å². The van der Waals surface area contributed by atoms with Gasteiger partial charge >= 0.3 is 0 Å². The van der Waals surface area contributed by atoms with Crippen LogP contribution in [0.1, 0.15) is 22.8 Å². The van der Waals surface area contributed by atoms with E-state index in [1.54, 1.807) is 47.2 Å². The summed E-state index contributed by atoms with van der Waals surface area (Å²) in [4.78, 5) is 30.1. The number of anilines is 2. The first-order valence-corrected chi connectivity index (χ1v) is 9.48. The molecule has 150 valence electrons. The average molecular weight is 399 g/mol. The van der Waals surface area contributed by atoms with Crippen molar-refractivity contribution >= 4 is 28.8 Å². The Morgan fingerprint density at radius 3 is 2.47 bits per heavy atom. The molecule has 0 saturated carbocycles. The standard InChI is InChI=1S/C23H21N5O2/c1-15-4-7-19(8-5-15)27(3)23(30)17-10-11-28-21(12-17)20(14-25-28)18-6-9-22(24-13-18)26-16(2)29/h4-14H,1-3H3,(H,24,26,29). The molecule has 4 rings (SSSR count). The molecule has 0 aliphatic heterocycles. The molecule has 0 spiro atoms. The fourth-order valence-electron chi connectivity index (χ4n) is 3.22. The number of nitrogens with one attached hydrogen (secondary N) is 1. The third kappa shape index (κ3) is 3.77. The van der Waals surface area contributed by atoms with Gasteiger partial charge in [-0.15, -0.1) is 0 Å². The van der Waals surface area contributed by atoms with Gasteiger partial charge in [-0.3, -0.25) is 9.59 Å². The summed E-state index contributed by atoms with van der Waals surface area (Å²) in [5.74, 6) is 0.207. The number of carbonyl (C=O) groups excluding carboxylic acids is 2. The first kappa shape index (κ1) is 19.3. The Bertz CT molecular complexity index is 1230. The number of rotatable bonds is 4. The van der Waals surface area contributed by atoms with Crippen LogP contribution in [0.15, 0.2) is 67.1 Å². The lowest BCUT2D eigenvalue weighted by Gasteiger charge is -2.17. The SMILES string of the molecule is CC(=O)Nc1ccc(-c2cnn3ccc(C(=O)N(C)c4ccc(C)cc4)cc23)cn1. The van der Waals surface area contributed by atoms with Crippen molar-refractivity contribution < 1.29 is 9.59 Å². The Kier molecular flexibility index (Phi) is 5.02. The zero-order valence-corrected chi connectivity index (χ0v) is 17.0. The highest BCUT2D eigenvalue weighted by molar-refractivity contribution is 6.06. The first-order chi connectivity index (χ1) is 14.4. The Hall–Kier alpha value is -4.00. The summed E-state index contributed by atoms with van der Waals surface area (Å²) >= 11 is 0. The number of hydrogen-bond donors (Lipinski definition) is 1. The van der Waals surface area contributed by atoms with E-state index in [1.807, 2.05) is 43.3 Å². The van der Waals surface area contributed by atoms with E-state index in [0.29, 0.717) is 11.4 Å². The van der Waals surface area contributed by atoms with Crippen molar-refractivity contribution in [2.75, 3.05) is 17.3 Å². The summed E-state index contributed by atoms with van der Waals surface area (Å²) in [6.45, 7) is 3.45. The second-order valence-electron chi connectivity index (χ2n) is 7.12. The Morgan fingerprint density at radius 1 is 1.03 bits per heavy atom.